The lowest BCUT2D eigenvalue weighted by Crippen LogP contribution is -2.07. The number of halogens is 4. The van der Waals surface area contributed by atoms with E-state index >= 15 is 0 Å². The molecule has 0 aromatic heterocycles. The number of nitrogens with one attached hydrogen (secondary N) is 1. The van der Waals surface area contributed by atoms with Gasteiger partial charge in [-0.05, 0) is 36.8 Å². The zero-order chi connectivity index (χ0) is 14.0. The van der Waals surface area contributed by atoms with Crippen LogP contribution in [0.3, 0.4) is 0 Å². The van der Waals surface area contributed by atoms with Gasteiger partial charge in [0.05, 0.1) is 20.8 Å². The smallest absolute Gasteiger partial charge is 0.142 e. The summed E-state index contributed by atoms with van der Waals surface area (Å²) in [5, 5.41) is 4.22. The fraction of sp³-hybridized carbons (Fsp3) is 0.143. The van der Waals surface area contributed by atoms with Gasteiger partial charge in [0.2, 0.25) is 0 Å². The Balaban J connectivity index is 2.23. The van der Waals surface area contributed by atoms with Gasteiger partial charge < -0.3 is 5.32 Å². The Morgan fingerprint density at radius 3 is 2.47 bits per heavy atom. The highest BCUT2D eigenvalue weighted by atomic mass is 35.5. The molecule has 2 rings (SSSR count). The first-order valence-electron chi connectivity index (χ1n) is 5.64. The monoisotopic (exact) mass is 317 g/mol. The van der Waals surface area contributed by atoms with Crippen molar-refractivity contribution in [3.8, 4) is 0 Å². The van der Waals surface area contributed by atoms with E-state index in [1.54, 1.807) is 18.2 Å². The molecule has 1 nitrogen and oxygen atoms in total. The van der Waals surface area contributed by atoms with E-state index in [1.165, 1.54) is 12.1 Å². The average Bonchev–Trinajstić information content (AvgIpc) is 2.38. The second-order valence-corrected chi connectivity index (χ2v) is 5.33. The molecule has 0 bridgehead atoms. The number of hydrogen-bond donors (Lipinski definition) is 1. The Morgan fingerprint density at radius 1 is 1.05 bits per heavy atom. The fourth-order valence-corrected chi connectivity index (χ4v) is 2.19. The maximum atomic E-state index is 13.4. The van der Waals surface area contributed by atoms with Crippen LogP contribution >= 0.6 is 34.8 Å². The highest BCUT2D eigenvalue weighted by Gasteiger charge is 2.11. The molecular weight excluding hydrogens is 308 g/mol. The molecule has 2 aromatic rings. The molecule has 1 unspecified atom stereocenters. The van der Waals surface area contributed by atoms with E-state index in [0.717, 1.165) is 5.56 Å². The second-order valence-electron chi connectivity index (χ2n) is 4.14. The van der Waals surface area contributed by atoms with Gasteiger partial charge in [-0.3, -0.25) is 0 Å². The summed E-state index contributed by atoms with van der Waals surface area (Å²) in [6.07, 6.45) is 0. The Labute approximate surface area is 126 Å². The van der Waals surface area contributed by atoms with E-state index in [2.05, 4.69) is 5.32 Å². The number of hydrogen-bond acceptors (Lipinski definition) is 1. The predicted octanol–water partition coefficient (Wildman–Crippen LogP) is 5.96. The van der Waals surface area contributed by atoms with Gasteiger partial charge in [-0.25, -0.2) is 4.39 Å². The van der Waals surface area contributed by atoms with Crippen molar-refractivity contribution in [2.75, 3.05) is 5.32 Å². The van der Waals surface area contributed by atoms with Gasteiger partial charge in [-0.1, -0.05) is 46.9 Å². The zero-order valence-corrected chi connectivity index (χ0v) is 12.3. The first-order valence-corrected chi connectivity index (χ1v) is 6.78. The van der Waals surface area contributed by atoms with E-state index < -0.39 is 5.82 Å². The molecule has 1 N–H and O–H groups in total. The fourth-order valence-electron chi connectivity index (χ4n) is 1.71. The van der Waals surface area contributed by atoms with Crippen molar-refractivity contribution >= 4 is 40.5 Å². The lowest BCUT2D eigenvalue weighted by Gasteiger charge is -2.17. The lowest BCUT2D eigenvalue weighted by molar-refractivity contribution is 0.624. The molecular formula is C14H11Cl3FN. The standard InChI is InChI=1S/C14H11Cl3FN/c1-8(9-5-6-10(15)12(18)7-9)19-13-4-2-3-11(16)14(13)17/h2-8,19H,1H3. The molecule has 0 radical (unpaired) electrons. The van der Waals surface area contributed by atoms with Crippen molar-refractivity contribution in [1.82, 2.24) is 0 Å². The van der Waals surface area contributed by atoms with Crippen LogP contribution in [0.5, 0.6) is 0 Å². The molecule has 0 amide bonds. The molecule has 0 saturated heterocycles. The summed E-state index contributed by atoms with van der Waals surface area (Å²) < 4.78 is 13.4. The average molecular weight is 319 g/mol. The van der Waals surface area contributed by atoms with Gasteiger partial charge in [0.1, 0.15) is 5.82 Å². The molecule has 1 atom stereocenters. The third-order valence-electron chi connectivity index (χ3n) is 2.77. The van der Waals surface area contributed by atoms with Crippen LogP contribution in [-0.2, 0) is 0 Å². The number of benzene rings is 2. The van der Waals surface area contributed by atoms with Crippen molar-refractivity contribution in [2.45, 2.75) is 13.0 Å². The predicted molar refractivity (Wildman–Crippen MR) is 79.9 cm³/mol. The molecule has 0 aliphatic rings. The third kappa shape index (κ3) is 3.33. The summed E-state index contributed by atoms with van der Waals surface area (Å²) in [5.74, 6) is -0.440. The Morgan fingerprint density at radius 2 is 1.79 bits per heavy atom. The van der Waals surface area contributed by atoms with Crippen molar-refractivity contribution in [3.05, 3.63) is 62.8 Å². The van der Waals surface area contributed by atoms with Crippen LogP contribution in [-0.4, -0.2) is 0 Å². The molecule has 0 spiro atoms. The Hall–Kier alpha value is -0.960. The highest BCUT2D eigenvalue weighted by Crippen LogP contribution is 2.32. The van der Waals surface area contributed by atoms with E-state index in [4.69, 9.17) is 34.8 Å². The van der Waals surface area contributed by atoms with E-state index in [9.17, 15) is 4.39 Å². The third-order valence-corrected chi connectivity index (χ3v) is 3.89. The van der Waals surface area contributed by atoms with Gasteiger partial charge in [0.25, 0.3) is 0 Å². The topological polar surface area (TPSA) is 12.0 Å². The SMILES string of the molecule is CC(Nc1cccc(Cl)c1Cl)c1ccc(Cl)c(F)c1. The summed E-state index contributed by atoms with van der Waals surface area (Å²) in [6, 6.07) is 9.90. The molecule has 0 aliphatic carbocycles. The lowest BCUT2D eigenvalue weighted by atomic mass is 10.1. The highest BCUT2D eigenvalue weighted by molar-refractivity contribution is 6.43. The molecule has 100 valence electrons. The van der Waals surface area contributed by atoms with Gasteiger partial charge in [-0.15, -0.1) is 0 Å². The molecule has 2 aromatic carbocycles. The number of anilines is 1. The Kier molecular flexibility index (Phi) is 4.56. The molecule has 19 heavy (non-hydrogen) atoms. The normalized spacial score (nSPS) is 12.3. The molecule has 0 saturated carbocycles. The van der Waals surface area contributed by atoms with E-state index in [-0.39, 0.29) is 11.1 Å². The van der Waals surface area contributed by atoms with Crippen LogP contribution in [0.25, 0.3) is 0 Å². The van der Waals surface area contributed by atoms with Crippen LogP contribution < -0.4 is 5.32 Å². The molecule has 0 fully saturated rings. The van der Waals surface area contributed by atoms with Crippen LogP contribution in [0.4, 0.5) is 10.1 Å². The minimum absolute atomic E-state index is 0.108. The summed E-state index contributed by atoms with van der Waals surface area (Å²) >= 11 is 17.7. The molecule has 5 heteroatoms. The maximum absolute atomic E-state index is 13.4. The van der Waals surface area contributed by atoms with Gasteiger partial charge in [-0.2, -0.15) is 0 Å². The Bertz CT molecular complexity index is 601. The minimum atomic E-state index is -0.440. The van der Waals surface area contributed by atoms with Crippen molar-refractivity contribution < 1.29 is 4.39 Å². The van der Waals surface area contributed by atoms with Crippen LogP contribution in [0.15, 0.2) is 36.4 Å². The van der Waals surface area contributed by atoms with Crippen molar-refractivity contribution in [2.24, 2.45) is 0 Å². The van der Waals surface area contributed by atoms with Gasteiger partial charge in [0.15, 0.2) is 0 Å². The summed E-state index contributed by atoms with van der Waals surface area (Å²) in [5.41, 5.74) is 1.48. The molecule has 0 heterocycles. The first kappa shape index (κ1) is 14.4. The summed E-state index contributed by atoms with van der Waals surface area (Å²) in [7, 11) is 0. The van der Waals surface area contributed by atoms with Crippen molar-refractivity contribution in [1.29, 1.82) is 0 Å². The van der Waals surface area contributed by atoms with Crippen molar-refractivity contribution in [3.63, 3.8) is 0 Å². The van der Waals surface area contributed by atoms with Crippen LogP contribution in [0.2, 0.25) is 15.1 Å². The first-order chi connectivity index (χ1) is 8.99. The van der Waals surface area contributed by atoms with Gasteiger partial charge >= 0.3 is 0 Å². The van der Waals surface area contributed by atoms with E-state index in [0.29, 0.717) is 15.7 Å². The molecule has 0 aliphatic heterocycles. The van der Waals surface area contributed by atoms with Gasteiger partial charge in [0, 0.05) is 6.04 Å². The summed E-state index contributed by atoms with van der Waals surface area (Å²) in [6.45, 7) is 1.90. The maximum Gasteiger partial charge on any atom is 0.142 e. The minimum Gasteiger partial charge on any atom is -0.377 e. The van der Waals surface area contributed by atoms with E-state index in [1.807, 2.05) is 13.0 Å². The summed E-state index contributed by atoms with van der Waals surface area (Å²) in [4.78, 5) is 0. The quantitative estimate of drug-likeness (QED) is 0.736. The second kappa shape index (κ2) is 6.00. The van der Waals surface area contributed by atoms with Crippen LogP contribution in [0, 0.1) is 5.82 Å². The van der Waals surface area contributed by atoms with Crippen LogP contribution in [0.1, 0.15) is 18.5 Å². The largest absolute Gasteiger partial charge is 0.377 e. The number of rotatable bonds is 3. The zero-order valence-electron chi connectivity index (χ0n) is 10.1.